The van der Waals surface area contributed by atoms with Gasteiger partial charge in [-0.3, -0.25) is 14.5 Å². The minimum Gasteiger partial charge on any atom is -0.481 e. The predicted molar refractivity (Wildman–Crippen MR) is 58.6 cm³/mol. The van der Waals surface area contributed by atoms with Crippen molar-refractivity contribution in [3.05, 3.63) is 0 Å². The van der Waals surface area contributed by atoms with Crippen molar-refractivity contribution >= 4 is 11.9 Å². The third-order valence-corrected chi connectivity index (χ3v) is 2.09. The second kappa shape index (κ2) is 7.21. The summed E-state index contributed by atoms with van der Waals surface area (Å²) < 4.78 is 0. The molecule has 0 aliphatic heterocycles. The van der Waals surface area contributed by atoms with E-state index in [0.29, 0.717) is 0 Å². The summed E-state index contributed by atoms with van der Waals surface area (Å²) in [5.41, 5.74) is 0. The molecule has 0 bridgehead atoms. The predicted octanol–water partition coefficient (Wildman–Crippen LogP) is -1.02. The molecule has 4 N–H and O–H groups in total. The molecule has 100 valence electrons. The first-order chi connectivity index (χ1) is 7.73. The van der Waals surface area contributed by atoms with Crippen molar-refractivity contribution in [1.29, 1.82) is 0 Å². The maximum absolute atomic E-state index is 11.0. The first kappa shape index (κ1) is 15.8. The number of carboxylic acid groups (broad SMARTS) is 2. The molecule has 3 atom stereocenters. The van der Waals surface area contributed by atoms with Gasteiger partial charge in [0, 0.05) is 13.1 Å². The Labute approximate surface area is 99.3 Å². The van der Waals surface area contributed by atoms with E-state index in [1.807, 2.05) is 0 Å². The minimum atomic E-state index is -1.28. The van der Waals surface area contributed by atoms with Crippen LogP contribution in [0.5, 0.6) is 0 Å². The monoisotopic (exact) mass is 249 g/mol. The Morgan fingerprint density at radius 3 is 1.71 bits per heavy atom. The number of carbonyl (C=O) groups is 2. The molecular formula is C10H19NO6. The fraction of sp³-hybridized carbons (Fsp3) is 0.800. The Bertz CT molecular complexity index is 256. The van der Waals surface area contributed by atoms with Gasteiger partial charge in [0.05, 0.1) is 18.6 Å². The molecule has 0 radical (unpaired) electrons. The van der Waals surface area contributed by atoms with Crippen LogP contribution in [0, 0.1) is 0 Å². The lowest BCUT2D eigenvalue weighted by molar-refractivity contribution is -0.150. The summed E-state index contributed by atoms with van der Waals surface area (Å²) in [7, 11) is 0. The highest BCUT2D eigenvalue weighted by Gasteiger charge is 2.29. The smallest absolute Gasteiger partial charge is 0.321 e. The topological polar surface area (TPSA) is 118 Å². The van der Waals surface area contributed by atoms with Crippen LogP contribution in [0.25, 0.3) is 0 Å². The summed E-state index contributed by atoms with van der Waals surface area (Å²) in [5, 5.41) is 36.1. The quantitative estimate of drug-likeness (QED) is 0.434. The van der Waals surface area contributed by atoms with E-state index in [4.69, 9.17) is 10.2 Å². The molecular weight excluding hydrogens is 230 g/mol. The molecule has 3 unspecified atom stereocenters. The first-order valence-corrected chi connectivity index (χ1v) is 5.28. The standard InChI is InChI=1S/C10H19NO6/c1-6(12)4-11(5-7(2)13)8(10(16)17)3-9(14)15/h6-8,12-13H,3-5H2,1-2H3,(H,14,15)(H,16,17). The van der Waals surface area contributed by atoms with Gasteiger partial charge in [-0.15, -0.1) is 0 Å². The molecule has 17 heavy (non-hydrogen) atoms. The molecule has 0 rings (SSSR count). The Hall–Kier alpha value is -1.18. The van der Waals surface area contributed by atoms with Crippen LogP contribution in [0.4, 0.5) is 0 Å². The summed E-state index contributed by atoms with van der Waals surface area (Å²) >= 11 is 0. The van der Waals surface area contributed by atoms with E-state index in [0.717, 1.165) is 0 Å². The number of nitrogens with zero attached hydrogens (tertiary/aromatic N) is 1. The molecule has 0 saturated heterocycles. The van der Waals surface area contributed by atoms with Gasteiger partial charge in [-0.05, 0) is 13.8 Å². The fourth-order valence-electron chi connectivity index (χ4n) is 1.55. The normalized spacial score (nSPS) is 16.5. The fourth-order valence-corrected chi connectivity index (χ4v) is 1.55. The lowest BCUT2D eigenvalue weighted by atomic mass is 10.1. The van der Waals surface area contributed by atoms with Crippen LogP contribution >= 0.6 is 0 Å². The molecule has 0 heterocycles. The molecule has 0 saturated carbocycles. The van der Waals surface area contributed by atoms with E-state index in [9.17, 15) is 19.8 Å². The van der Waals surface area contributed by atoms with Gasteiger partial charge in [0.2, 0.25) is 0 Å². The van der Waals surface area contributed by atoms with Crippen molar-refractivity contribution in [2.45, 2.75) is 38.5 Å². The minimum absolute atomic E-state index is 0.00481. The average Bonchev–Trinajstić information content (AvgIpc) is 2.10. The van der Waals surface area contributed by atoms with Gasteiger partial charge in [-0.1, -0.05) is 0 Å². The SMILES string of the molecule is CC(O)CN(CC(C)O)C(CC(=O)O)C(=O)O. The van der Waals surface area contributed by atoms with Gasteiger partial charge in [0.1, 0.15) is 6.04 Å². The molecule has 7 heteroatoms. The zero-order chi connectivity index (χ0) is 13.6. The zero-order valence-electron chi connectivity index (χ0n) is 9.91. The van der Waals surface area contributed by atoms with Gasteiger partial charge in [0.15, 0.2) is 0 Å². The van der Waals surface area contributed by atoms with Crippen LogP contribution in [-0.2, 0) is 9.59 Å². The Balaban J connectivity index is 4.78. The Morgan fingerprint density at radius 2 is 1.47 bits per heavy atom. The molecule has 0 fully saturated rings. The van der Waals surface area contributed by atoms with Crippen molar-refractivity contribution in [1.82, 2.24) is 4.90 Å². The second-order valence-electron chi connectivity index (χ2n) is 4.10. The van der Waals surface area contributed by atoms with Crippen molar-refractivity contribution < 1.29 is 30.0 Å². The molecule has 0 amide bonds. The van der Waals surface area contributed by atoms with Gasteiger partial charge < -0.3 is 20.4 Å². The number of rotatable bonds is 8. The highest BCUT2D eigenvalue weighted by molar-refractivity contribution is 5.80. The summed E-state index contributed by atoms with van der Waals surface area (Å²) in [6.07, 6.45) is -2.18. The Kier molecular flexibility index (Phi) is 6.71. The van der Waals surface area contributed by atoms with E-state index in [1.54, 1.807) is 0 Å². The highest BCUT2D eigenvalue weighted by Crippen LogP contribution is 2.08. The average molecular weight is 249 g/mol. The van der Waals surface area contributed by atoms with Gasteiger partial charge in [0.25, 0.3) is 0 Å². The highest BCUT2D eigenvalue weighted by atomic mass is 16.4. The zero-order valence-corrected chi connectivity index (χ0v) is 9.91. The molecule has 0 aromatic carbocycles. The number of hydrogen-bond acceptors (Lipinski definition) is 5. The van der Waals surface area contributed by atoms with Crippen LogP contribution in [0.2, 0.25) is 0 Å². The molecule has 0 aromatic heterocycles. The van der Waals surface area contributed by atoms with Gasteiger partial charge in [-0.2, -0.15) is 0 Å². The van der Waals surface area contributed by atoms with E-state index < -0.39 is 36.6 Å². The third kappa shape index (κ3) is 6.88. The van der Waals surface area contributed by atoms with Gasteiger partial charge in [-0.25, -0.2) is 0 Å². The maximum atomic E-state index is 11.0. The number of aliphatic carboxylic acids is 2. The van der Waals surface area contributed by atoms with Crippen LogP contribution in [0.15, 0.2) is 0 Å². The van der Waals surface area contributed by atoms with E-state index in [1.165, 1.54) is 18.7 Å². The lowest BCUT2D eigenvalue weighted by Crippen LogP contribution is -2.48. The number of carboxylic acids is 2. The Morgan fingerprint density at radius 1 is 1.06 bits per heavy atom. The summed E-state index contributed by atoms with van der Waals surface area (Å²) in [6, 6.07) is -1.25. The van der Waals surface area contributed by atoms with E-state index in [-0.39, 0.29) is 13.1 Å². The molecule has 0 aromatic rings. The number of aliphatic hydroxyl groups is 2. The van der Waals surface area contributed by atoms with Crippen molar-refractivity contribution in [3.8, 4) is 0 Å². The number of aliphatic hydroxyl groups excluding tert-OH is 2. The molecule has 7 nitrogen and oxygen atoms in total. The van der Waals surface area contributed by atoms with Crippen molar-refractivity contribution in [3.63, 3.8) is 0 Å². The second-order valence-corrected chi connectivity index (χ2v) is 4.10. The van der Waals surface area contributed by atoms with E-state index >= 15 is 0 Å². The molecule has 0 aliphatic rings. The van der Waals surface area contributed by atoms with E-state index in [2.05, 4.69) is 0 Å². The lowest BCUT2D eigenvalue weighted by Gasteiger charge is -2.29. The third-order valence-electron chi connectivity index (χ3n) is 2.09. The maximum Gasteiger partial charge on any atom is 0.321 e. The van der Waals surface area contributed by atoms with Crippen LogP contribution in [0.3, 0.4) is 0 Å². The summed E-state index contributed by atoms with van der Waals surface area (Å²) in [6.45, 7) is 2.92. The van der Waals surface area contributed by atoms with Crippen molar-refractivity contribution in [2.75, 3.05) is 13.1 Å². The first-order valence-electron chi connectivity index (χ1n) is 5.28. The van der Waals surface area contributed by atoms with Crippen LogP contribution in [0.1, 0.15) is 20.3 Å². The van der Waals surface area contributed by atoms with Crippen LogP contribution < -0.4 is 0 Å². The molecule has 0 aliphatic carbocycles. The van der Waals surface area contributed by atoms with Crippen molar-refractivity contribution in [2.24, 2.45) is 0 Å². The largest absolute Gasteiger partial charge is 0.481 e. The molecule has 0 spiro atoms. The number of hydrogen-bond donors (Lipinski definition) is 4. The van der Waals surface area contributed by atoms with Gasteiger partial charge >= 0.3 is 11.9 Å². The summed E-state index contributed by atoms with van der Waals surface area (Å²) in [5.74, 6) is -2.52. The van der Waals surface area contributed by atoms with Crippen LogP contribution in [-0.4, -0.2) is 68.6 Å². The summed E-state index contributed by atoms with van der Waals surface area (Å²) in [4.78, 5) is 22.8.